The number of hydrogen-bond donors (Lipinski definition) is 1. The van der Waals surface area contributed by atoms with E-state index in [1.165, 1.54) is 24.9 Å². The molecule has 1 aliphatic heterocycles. The Balaban J connectivity index is 1.79. The molecule has 0 amide bonds. The number of H-pyrrole nitrogens is 1. The van der Waals surface area contributed by atoms with Gasteiger partial charge in [0.1, 0.15) is 11.6 Å². The van der Waals surface area contributed by atoms with Gasteiger partial charge in [0.25, 0.3) is 5.56 Å². The molecule has 0 fully saturated rings. The SMILES string of the molecule is COc1ccc(CN2CCc3nc(SC)[nH]c(=O)c3C2)c(F)c1. The zero-order valence-electron chi connectivity index (χ0n) is 13.1. The van der Waals surface area contributed by atoms with E-state index in [4.69, 9.17) is 4.74 Å². The zero-order chi connectivity index (χ0) is 16.4. The van der Waals surface area contributed by atoms with Gasteiger partial charge in [-0.25, -0.2) is 9.37 Å². The summed E-state index contributed by atoms with van der Waals surface area (Å²) >= 11 is 1.42. The van der Waals surface area contributed by atoms with Gasteiger partial charge in [-0.1, -0.05) is 17.8 Å². The number of benzene rings is 1. The zero-order valence-corrected chi connectivity index (χ0v) is 13.9. The molecule has 1 aliphatic rings. The minimum Gasteiger partial charge on any atom is -0.497 e. The fourth-order valence-electron chi connectivity index (χ4n) is 2.71. The first-order chi connectivity index (χ1) is 11.1. The first-order valence-electron chi connectivity index (χ1n) is 7.31. The highest BCUT2D eigenvalue weighted by atomic mass is 32.2. The van der Waals surface area contributed by atoms with Crippen LogP contribution in [0.1, 0.15) is 16.8 Å². The Labute approximate surface area is 137 Å². The lowest BCUT2D eigenvalue weighted by molar-refractivity contribution is 0.237. The number of methoxy groups -OCH3 is 1. The van der Waals surface area contributed by atoms with Crippen molar-refractivity contribution in [2.75, 3.05) is 19.9 Å². The maximum absolute atomic E-state index is 14.1. The van der Waals surface area contributed by atoms with Crippen molar-refractivity contribution in [1.82, 2.24) is 14.9 Å². The van der Waals surface area contributed by atoms with Crippen LogP contribution in [0.2, 0.25) is 0 Å². The van der Waals surface area contributed by atoms with Crippen molar-refractivity contribution in [3.8, 4) is 5.75 Å². The largest absolute Gasteiger partial charge is 0.497 e. The number of halogens is 1. The Bertz CT molecular complexity index is 778. The predicted molar refractivity (Wildman–Crippen MR) is 87.4 cm³/mol. The summed E-state index contributed by atoms with van der Waals surface area (Å²) in [4.78, 5) is 21.5. The van der Waals surface area contributed by atoms with Crippen molar-refractivity contribution < 1.29 is 9.13 Å². The molecule has 122 valence electrons. The summed E-state index contributed by atoms with van der Waals surface area (Å²) in [5.41, 5.74) is 2.03. The Kier molecular flexibility index (Phi) is 4.68. The van der Waals surface area contributed by atoms with Crippen LogP contribution < -0.4 is 10.3 Å². The number of aromatic amines is 1. The number of nitrogens with one attached hydrogen (secondary N) is 1. The Morgan fingerprint density at radius 1 is 1.48 bits per heavy atom. The average Bonchev–Trinajstić information content (AvgIpc) is 2.57. The number of fused-ring (bicyclic) bond motifs is 1. The molecule has 23 heavy (non-hydrogen) atoms. The molecule has 0 spiro atoms. The van der Waals surface area contributed by atoms with Crippen LogP contribution in [-0.4, -0.2) is 34.8 Å². The number of aromatic nitrogens is 2. The van der Waals surface area contributed by atoms with Gasteiger partial charge < -0.3 is 9.72 Å². The lowest BCUT2D eigenvalue weighted by Crippen LogP contribution is -2.35. The molecule has 5 nitrogen and oxygen atoms in total. The van der Waals surface area contributed by atoms with Crippen molar-refractivity contribution in [1.29, 1.82) is 0 Å². The third kappa shape index (κ3) is 3.40. The minimum absolute atomic E-state index is 0.0979. The summed E-state index contributed by atoms with van der Waals surface area (Å²) in [5.74, 6) is 0.209. The molecule has 2 aromatic rings. The molecule has 0 saturated heterocycles. The summed E-state index contributed by atoms with van der Waals surface area (Å²) in [6, 6.07) is 4.85. The third-order valence-corrected chi connectivity index (χ3v) is 4.55. The summed E-state index contributed by atoms with van der Waals surface area (Å²) in [7, 11) is 1.51. The molecule has 0 aliphatic carbocycles. The fraction of sp³-hybridized carbons (Fsp3) is 0.375. The fourth-order valence-corrected chi connectivity index (χ4v) is 3.11. The van der Waals surface area contributed by atoms with Gasteiger partial charge in [-0.05, 0) is 12.3 Å². The van der Waals surface area contributed by atoms with Gasteiger partial charge in [-0.2, -0.15) is 0 Å². The molecule has 1 aromatic carbocycles. The van der Waals surface area contributed by atoms with Crippen molar-refractivity contribution in [3.05, 3.63) is 51.2 Å². The summed E-state index contributed by atoms with van der Waals surface area (Å²) in [5, 5.41) is 0.642. The number of ether oxygens (including phenoxy) is 1. The second-order valence-electron chi connectivity index (χ2n) is 5.42. The number of hydrogen-bond acceptors (Lipinski definition) is 5. The van der Waals surface area contributed by atoms with E-state index in [-0.39, 0.29) is 11.4 Å². The van der Waals surface area contributed by atoms with Gasteiger partial charge in [-0.3, -0.25) is 9.69 Å². The summed E-state index contributed by atoms with van der Waals surface area (Å²) < 4.78 is 19.1. The van der Waals surface area contributed by atoms with Crippen molar-refractivity contribution in [2.45, 2.75) is 24.7 Å². The molecule has 0 unspecified atom stereocenters. The molecule has 0 saturated carbocycles. The number of nitrogens with zero attached hydrogens (tertiary/aromatic N) is 2. The van der Waals surface area contributed by atoms with Gasteiger partial charge in [-0.15, -0.1) is 0 Å². The predicted octanol–water partition coefficient (Wildman–Crippen LogP) is 2.20. The highest BCUT2D eigenvalue weighted by molar-refractivity contribution is 7.98. The van der Waals surface area contributed by atoms with E-state index in [9.17, 15) is 9.18 Å². The van der Waals surface area contributed by atoms with E-state index in [0.29, 0.717) is 41.5 Å². The molecular weight excluding hydrogens is 317 g/mol. The van der Waals surface area contributed by atoms with Crippen LogP contribution >= 0.6 is 11.8 Å². The normalized spacial score (nSPS) is 14.6. The molecular formula is C16H18FN3O2S. The van der Waals surface area contributed by atoms with Crippen LogP contribution in [0.25, 0.3) is 0 Å². The highest BCUT2D eigenvalue weighted by Crippen LogP contribution is 2.21. The van der Waals surface area contributed by atoms with Crippen LogP contribution in [0.15, 0.2) is 28.2 Å². The Morgan fingerprint density at radius 3 is 3.00 bits per heavy atom. The highest BCUT2D eigenvalue weighted by Gasteiger charge is 2.22. The monoisotopic (exact) mass is 335 g/mol. The Morgan fingerprint density at radius 2 is 2.30 bits per heavy atom. The van der Waals surface area contributed by atoms with E-state index in [1.807, 2.05) is 6.26 Å². The van der Waals surface area contributed by atoms with E-state index < -0.39 is 0 Å². The quantitative estimate of drug-likeness (QED) is 0.686. The molecule has 3 rings (SSSR count). The van der Waals surface area contributed by atoms with E-state index in [0.717, 1.165) is 12.2 Å². The van der Waals surface area contributed by atoms with Crippen molar-refractivity contribution in [2.24, 2.45) is 0 Å². The number of thioether (sulfide) groups is 1. The molecule has 0 atom stereocenters. The van der Waals surface area contributed by atoms with Crippen LogP contribution in [0.5, 0.6) is 5.75 Å². The van der Waals surface area contributed by atoms with Crippen LogP contribution in [0.3, 0.4) is 0 Å². The molecule has 1 aromatic heterocycles. The van der Waals surface area contributed by atoms with Gasteiger partial charge in [0.15, 0.2) is 5.16 Å². The molecule has 2 heterocycles. The molecule has 0 bridgehead atoms. The Hall–Kier alpha value is -1.86. The van der Waals surface area contributed by atoms with E-state index >= 15 is 0 Å². The second-order valence-corrected chi connectivity index (χ2v) is 6.21. The molecule has 0 radical (unpaired) electrons. The van der Waals surface area contributed by atoms with Crippen LogP contribution in [0, 0.1) is 5.82 Å². The van der Waals surface area contributed by atoms with Gasteiger partial charge in [0, 0.05) is 37.7 Å². The van der Waals surface area contributed by atoms with Crippen LogP contribution in [-0.2, 0) is 19.5 Å². The molecule has 1 N–H and O–H groups in total. The van der Waals surface area contributed by atoms with Gasteiger partial charge in [0.2, 0.25) is 0 Å². The second kappa shape index (κ2) is 6.72. The first-order valence-corrected chi connectivity index (χ1v) is 8.54. The average molecular weight is 335 g/mol. The molecule has 7 heteroatoms. The lowest BCUT2D eigenvalue weighted by atomic mass is 10.1. The van der Waals surface area contributed by atoms with Gasteiger partial charge in [0.05, 0.1) is 18.4 Å². The van der Waals surface area contributed by atoms with Gasteiger partial charge >= 0.3 is 0 Å². The smallest absolute Gasteiger partial charge is 0.256 e. The van der Waals surface area contributed by atoms with E-state index in [2.05, 4.69) is 14.9 Å². The summed E-state index contributed by atoms with van der Waals surface area (Å²) in [6.07, 6.45) is 2.58. The van der Waals surface area contributed by atoms with Crippen molar-refractivity contribution >= 4 is 11.8 Å². The van der Waals surface area contributed by atoms with Crippen LogP contribution in [0.4, 0.5) is 4.39 Å². The topological polar surface area (TPSA) is 58.2 Å². The third-order valence-electron chi connectivity index (χ3n) is 3.97. The standard InChI is InChI=1S/C16H18FN3O2S/c1-22-11-4-3-10(13(17)7-11)8-20-6-5-14-12(9-20)15(21)19-16(18-14)23-2/h3-4,7H,5-6,8-9H2,1-2H3,(H,18,19,21). The summed E-state index contributed by atoms with van der Waals surface area (Å²) in [6.45, 7) is 1.69. The van der Waals surface area contributed by atoms with Crippen molar-refractivity contribution in [3.63, 3.8) is 0 Å². The first kappa shape index (κ1) is 16.0. The van der Waals surface area contributed by atoms with E-state index in [1.54, 1.807) is 12.1 Å². The number of rotatable bonds is 4. The lowest BCUT2D eigenvalue weighted by Gasteiger charge is -2.27. The minimum atomic E-state index is -0.292. The maximum atomic E-state index is 14.1. The maximum Gasteiger partial charge on any atom is 0.256 e.